The van der Waals surface area contributed by atoms with Gasteiger partial charge in [-0.1, -0.05) is 0 Å². The van der Waals surface area contributed by atoms with Gasteiger partial charge in [0.15, 0.2) is 0 Å². The minimum atomic E-state index is 0.138. The van der Waals surface area contributed by atoms with Crippen LogP contribution in [-0.4, -0.2) is 52.1 Å². The molecule has 0 radical (unpaired) electrons. The Morgan fingerprint density at radius 1 is 1.17 bits per heavy atom. The van der Waals surface area contributed by atoms with Crippen molar-refractivity contribution in [2.75, 3.05) is 13.2 Å². The van der Waals surface area contributed by atoms with Gasteiger partial charge in [0, 0.05) is 37.5 Å². The lowest BCUT2D eigenvalue weighted by atomic mass is 9.97. The van der Waals surface area contributed by atoms with E-state index in [-0.39, 0.29) is 12.1 Å². The summed E-state index contributed by atoms with van der Waals surface area (Å²) in [4.78, 5) is 14.9. The number of fused-ring (bicyclic) bond motifs is 2. The number of amides is 2. The summed E-state index contributed by atoms with van der Waals surface area (Å²) in [5, 5.41) is 7.72. The van der Waals surface area contributed by atoms with E-state index in [1.54, 1.807) is 0 Å². The monoisotopic (exact) mass is 318 g/mol. The maximum absolute atomic E-state index is 12.7. The number of piperidine rings is 1. The molecule has 126 valence electrons. The second-order valence-electron chi connectivity index (χ2n) is 7.25. The Kier molecular flexibility index (Phi) is 4.01. The maximum Gasteiger partial charge on any atom is 0.318 e. The van der Waals surface area contributed by atoms with E-state index >= 15 is 0 Å². The zero-order valence-electron chi connectivity index (χ0n) is 13.8. The summed E-state index contributed by atoms with van der Waals surface area (Å²) in [6, 6.07) is 1.58. The van der Waals surface area contributed by atoms with Gasteiger partial charge in [-0.15, -0.1) is 0 Å². The Labute approximate surface area is 137 Å². The van der Waals surface area contributed by atoms with Gasteiger partial charge in [-0.2, -0.15) is 5.10 Å². The highest BCUT2D eigenvalue weighted by atomic mass is 16.5. The van der Waals surface area contributed by atoms with Crippen LogP contribution in [0.3, 0.4) is 0 Å². The van der Waals surface area contributed by atoms with E-state index in [2.05, 4.69) is 33.1 Å². The summed E-state index contributed by atoms with van der Waals surface area (Å²) in [6.45, 7) is 3.60. The Hall–Kier alpha value is -1.56. The third-order valence-electron chi connectivity index (χ3n) is 5.60. The van der Waals surface area contributed by atoms with Crippen molar-refractivity contribution in [2.24, 2.45) is 0 Å². The molecular weight excluding hydrogens is 292 g/mol. The minimum absolute atomic E-state index is 0.138. The summed E-state index contributed by atoms with van der Waals surface area (Å²) in [6.07, 6.45) is 10.2. The summed E-state index contributed by atoms with van der Waals surface area (Å²) in [5.41, 5.74) is 1.21. The van der Waals surface area contributed by atoms with E-state index in [0.717, 1.165) is 51.7 Å². The first-order chi connectivity index (χ1) is 11.2. The number of urea groups is 1. The zero-order valence-corrected chi connectivity index (χ0v) is 13.8. The van der Waals surface area contributed by atoms with Crippen molar-refractivity contribution < 1.29 is 9.53 Å². The molecule has 1 N–H and O–H groups in total. The number of aromatic nitrogens is 2. The van der Waals surface area contributed by atoms with Crippen molar-refractivity contribution in [3.05, 3.63) is 18.0 Å². The molecule has 1 aromatic rings. The quantitative estimate of drug-likeness (QED) is 0.910. The normalized spacial score (nSPS) is 31.3. The predicted molar refractivity (Wildman–Crippen MR) is 86.3 cm³/mol. The van der Waals surface area contributed by atoms with Crippen LogP contribution in [0.25, 0.3) is 0 Å². The number of nitrogens with zero attached hydrogens (tertiary/aromatic N) is 3. The molecule has 3 fully saturated rings. The molecule has 0 aliphatic carbocycles. The Balaban J connectivity index is 1.40. The molecule has 4 rings (SSSR count). The van der Waals surface area contributed by atoms with Gasteiger partial charge < -0.3 is 15.0 Å². The molecule has 0 aromatic carbocycles. The lowest BCUT2D eigenvalue weighted by Crippen LogP contribution is -2.53. The number of hydrogen-bond acceptors (Lipinski definition) is 3. The van der Waals surface area contributed by atoms with E-state index in [1.165, 1.54) is 5.56 Å². The third-order valence-corrected chi connectivity index (χ3v) is 5.60. The Bertz CT molecular complexity index is 553. The highest BCUT2D eigenvalue weighted by Gasteiger charge is 2.44. The number of rotatable bonds is 2. The fourth-order valence-corrected chi connectivity index (χ4v) is 4.42. The molecule has 6 heteroatoms. The topological polar surface area (TPSA) is 59.4 Å². The van der Waals surface area contributed by atoms with Crippen molar-refractivity contribution in [1.82, 2.24) is 20.0 Å². The van der Waals surface area contributed by atoms with Crippen molar-refractivity contribution in [3.63, 3.8) is 0 Å². The fraction of sp³-hybridized carbons (Fsp3) is 0.765. The highest BCUT2D eigenvalue weighted by Crippen LogP contribution is 2.40. The number of carbonyl (C=O) groups excluding carboxylic acids is 1. The van der Waals surface area contributed by atoms with E-state index in [0.29, 0.717) is 18.1 Å². The van der Waals surface area contributed by atoms with E-state index in [1.807, 2.05) is 6.20 Å². The van der Waals surface area contributed by atoms with Crippen LogP contribution in [0.5, 0.6) is 0 Å². The van der Waals surface area contributed by atoms with Gasteiger partial charge in [-0.25, -0.2) is 4.79 Å². The van der Waals surface area contributed by atoms with E-state index in [4.69, 9.17) is 4.74 Å². The summed E-state index contributed by atoms with van der Waals surface area (Å²) >= 11 is 0. The standard InChI is InChI=1S/C17H26N4O2/c1-12-10-18-20(11-12)16-8-14-2-3-15(9-16)21(14)17(22)19-13-4-6-23-7-5-13/h10-11,13-16H,2-9H2,1H3,(H,19,22). The van der Waals surface area contributed by atoms with Crippen LogP contribution in [0, 0.1) is 6.92 Å². The molecule has 2 atom stereocenters. The third kappa shape index (κ3) is 2.96. The summed E-state index contributed by atoms with van der Waals surface area (Å²) < 4.78 is 7.48. The summed E-state index contributed by atoms with van der Waals surface area (Å²) in [5.74, 6) is 0. The highest BCUT2D eigenvalue weighted by molar-refractivity contribution is 5.75. The number of ether oxygens (including phenoxy) is 1. The molecule has 1 aromatic heterocycles. The van der Waals surface area contributed by atoms with Gasteiger partial charge in [0.05, 0.1) is 12.2 Å². The van der Waals surface area contributed by atoms with Crippen molar-refractivity contribution in [2.45, 2.75) is 69.6 Å². The van der Waals surface area contributed by atoms with Gasteiger partial charge in [-0.3, -0.25) is 4.68 Å². The van der Waals surface area contributed by atoms with Crippen LogP contribution < -0.4 is 5.32 Å². The van der Waals surface area contributed by atoms with Crippen LogP contribution in [-0.2, 0) is 4.74 Å². The van der Waals surface area contributed by atoms with Crippen molar-refractivity contribution >= 4 is 6.03 Å². The van der Waals surface area contributed by atoms with Crippen LogP contribution in [0.1, 0.15) is 50.1 Å². The van der Waals surface area contributed by atoms with Gasteiger partial charge in [-0.05, 0) is 51.0 Å². The molecule has 2 amide bonds. The van der Waals surface area contributed by atoms with Crippen LogP contribution in [0.15, 0.2) is 12.4 Å². The van der Waals surface area contributed by atoms with E-state index in [9.17, 15) is 4.79 Å². The number of nitrogens with one attached hydrogen (secondary N) is 1. The smallest absolute Gasteiger partial charge is 0.318 e. The molecule has 3 saturated heterocycles. The molecule has 2 unspecified atom stereocenters. The van der Waals surface area contributed by atoms with Crippen LogP contribution >= 0.6 is 0 Å². The van der Waals surface area contributed by atoms with Gasteiger partial charge in [0.1, 0.15) is 0 Å². The molecule has 0 spiro atoms. The van der Waals surface area contributed by atoms with Crippen LogP contribution in [0.4, 0.5) is 4.79 Å². The fourth-order valence-electron chi connectivity index (χ4n) is 4.42. The minimum Gasteiger partial charge on any atom is -0.381 e. The Morgan fingerprint density at radius 2 is 1.87 bits per heavy atom. The summed E-state index contributed by atoms with van der Waals surface area (Å²) in [7, 11) is 0. The molecule has 23 heavy (non-hydrogen) atoms. The van der Waals surface area contributed by atoms with E-state index < -0.39 is 0 Å². The average molecular weight is 318 g/mol. The van der Waals surface area contributed by atoms with Crippen molar-refractivity contribution in [1.29, 1.82) is 0 Å². The first kappa shape index (κ1) is 15.0. The molecular formula is C17H26N4O2. The van der Waals surface area contributed by atoms with Crippen molar-refractivity contribution in [3.8, 4) is 0 Å². The molecule has 2 bridgehead atoms. The van der Waals surface area contributed by atoms with Gasteiger partial charge >= 0.3 is 6.03 Å². The largest absolute Gasteiger partial charge is 0.381 e. The number of hydrogen-bond donors (Lipinski definition) is 1. The average Bonchev–Trinajstić information content (AvgIpc) is 3.10. The molecule has 6 nitrogen and oxygen atoms in total. The maximum atomic E-state index is 12.7. The molecule has 0 saturated carbocycles. The Morgan fingerprint density at radius 3 is 2.48 bits per heavy atom. The molecule has 3 aliphatic rings. The second kappa shape index (κ2) is 6.15. The zero-order chi connectivity index (χ0) is 15.8. The van der Waals surface area contributed by atoms with Gasteiger partial charge in [0.25, 0.3) is 0 Å². The lowest BCUT2D eigenvalue weighted by molar-refractivity contribution is 0.0730. The lowest BCUT2D eigenvalue weighted by Gasteiger charge is -2.40. The molecule has 4 heterocycles. The second-order valence-corrected chi connectivity index (χ2v) is 7.25. The predicted octanol–water partition coefficient (Wildman–Crippen LogP) is 2.25. The van der Waals surface area contributed by atoms with Gasteiger partial charge in [0.2, 0.25) is 0 Å². The first-order valence-corrected chi connectivity index (χ1v) is 8.88. The first-order valence-electron chi connectivity index (χ1n) is 8.88. The SMILES string of the molecule is Cc1cnn(C2CC3CCC(C2)N3C(=O)NC2CCOCC2)c1. The number of carbonyl (C=O) groups is 1. The molecule has 3 aliphatic heterocycles. The van der Waals surface area contributed by atoms with Crippen LogP contribution in [0.2, 0.25) is 0 Å². The number of aryl methyl sites for hydroxylation is 1.